The number of allylic oxidation sites excluding steroid dienone is 2. The normalized spacial score (nSPS) is 52.2. The number of hydrogen-bond donors (Lipinski definition) is 15. The Morgan fingerprint density at radius 2 is 1.17 bits per heavy atom. The van der Waals surface area contributed by atoms with Crippen LogP contribution in [0.5, 0.6) is 0 Å². The van der Waals surface area contributed by atoms with E-state index < -0.39 is 165 Å². The van der Waals surface area contributed by atoms with E-state index in [9.17, 15) is 76.6 Å². The molecule has 29 atom stereocenters. The minimum atomic E-state index is -1.87. The van der Waals surface area contributed by atoms with E-state index in [1.54, 1.807) is 0 Å². The molecule has 4 heterocycles. The Hall–Kier alpha value is -1.18. The summed E-state index contributed by atoms with van der Waals surface area (Å²) >= 11 is 0. The molecule has 0 aromatic carbocycles. The van der Waals surface area contributed by atoms with Gasteiger partial charge in [-0.15, -0.1) is 0 Å². The average molecular weight is 1100 g/mol. The summed E-state index contributed by atoms with van der Waals surface area (Å²) < 4.78 is 48.5. The lowest BCUT2D eigenvalue weighted by Crippen LogP contribution is -2.70. The van der Waals surface area contributed by atoms with E-state index in [0.29, 0.717) is 25.7 Å². The highest BCUT2D eigenvalue weighted by Crippen LogP contribution is 2.76. The van der Waals surface area contributed by atoms with Gasteiger partial charge in [-0.25, -0.2) is 0 Å². The van der Waals surface area contributed by atoms with Crippen molar-refractivity contribution in [1.29, 1.82) is 0 Å². The highest BCUT2D eigenvalue weighted by molar-refractivity contribution is 5.21. The van der Waals surface area contributed by atoms with Crippen LogP contribution in [0, 0.1) is 45.3 Å². The predicted molar refractivity (Wildman–Crippen MR) is 262 cm³/mol. The van der Waals surface area contributed by atoms with Gasteiger partial charge in [0.15, 0.2) is 25.2 Å². The summed E-state index contributed by atoms with van der Waals surface area (Å²) in [5.74, 6) is -0.342. The molecule has 4 saturated carbocycles. The molecule has 76 heavy (non-hydrogen) atoms. The summed E-state index contributed by atoms with van der Waals surface area (Å²) in [7, 11) is 0. The van der Waals surface area contributed by atoms with Crippen LogP contribution in [0.1, 0.15) is 106 Å². The first-order chi connectivity index (χ1) is 35.7. The molecule has 23 nitrogen and oxygen atoms in total. The highest BCUT2D eigenvalue weighted by Gasteiger charge is 2.72. The van der Waals surface area contributed by atoms with Crippen LogP contribution < -0.4 is 0 Å². The molecule has 8 fully saturated rings. The minimum Gasteiger partial charge on any atom is -0.396 e. The zero-order valence-electron chi connectivity index (χ0n) is 44.9. The van der Waals surface area contributed by atoms with Crippen molar-refractivity contribution < 1.29 is 114 Å². The number of aliphatic hydroxyl groups excluding tert-OH is 15. The van der Waals surface area contributed by atoms with Crippen LogP contribution >= 0.6 is 0 Å². The standard InChI is InChI=1S/C53H90O23/c1-23(2)9-8-14-52(7,76-47-42(68)38(64)36(62)30(73-47)21-70-45-40(66)33(59)27(58)20-69-45)25-12-15-50(5)24(25)10-11-32-51(50,6)16-13-31-49(3,4)44(26(57)17-53(31,32)22-56)75-48-43(39(65)35(61)29(19-55)72-48)74-46-41(67)37(63)34(60)28(18-54)71-46/h9,24-48,54-68H,8,10-22H2,1-7H3. The maximum Gasteiger partial charge on any atom is 0.187 e. The van der Waals surface area contributed by atoms with Crippen LogP contribution in [0.4, 0.5) is 0 Å². The second kappa shape index (κ2) is 23.2. The van der Waals surface area contributed by atoms with Crippen molar-refractivity contribution >= 4 is 0 Å². The molecule has 0 aromatic heterocycles. The van der Waals surface area contributed by atoms with Gasteiger partial charge in [-0.2, -0.15) is 0 Å². The van der Waals surface area contributed by atoms with Gasteiger partial charge in [-0.05, 0) is 118 Å². The Kier molecular flexibility index (Phi) is 18.6. The fraction of sp³-hybridized carbons (Fsp3) is 0.962. The molecule has 0 radical (unpaired) electrons. The second-order valence-corrected chi connectivity index (χ2v) is 25.2. The van der Waals surface area contributed by atoms with Crippen LogP contribution in [-0.2, 0) is 37.9 Å². The molecule has 0 spiro atoms. The van der Waals surface area contributed by atoms with Gasteiger partial charge in [-0.3, -0.25) is 0 Å². The Morgan fingerprint density at radius 3 is 1.80 bits per heavy atom. The lowest BCUT2D eigenvalue weighted by atomic mass is 9.35. The molecular weight excluding hydrogens is 1000 g/mol. The Morgan fingerprint density at radius 1 is 0.592 bits per heavy atom. The summed E-state index contributed by atoms with van der Waals surface area (Å²) in [5, 5.41) is 163. The SMILES string of the molecule is CC(C)=CCCC(C)(OC1OC(COC2OCC(O)C(O)C2O)C(O)C(O)C1O)C1CCC2(C)C1CCC1C3(CO)CC(O)C(OC4OC(CO)C(O)C(O)C4OC4OC(CO)C(O)C(O)C4O)C(C)(C)C3CCC12C. The molecule has 0 amide bonds. The van der Waals surface area contributed by atoms with Gasteiger partial charge >= 0.3 is 0 Å². The topological polar surface area (TPSA) is 377 Å². The molecule has 29 unspecified atom stereocenters. The second-order valence-electron chi connectivity index (χ2n) is 25.2. The number of fused-ring (bicyclic) bond motifs is 5. The van der Waals surface area contributed by atoms with Gasteiger partial charge in [0.05, 0.1) is 44.2 Å². The fourth-order valence-electron chi connectivity index (χ4n) is 16.1. The Labute approximate surface area is 444 Å². The predicted octanol–water partition coefficient (Wildman–Crippen LogP) is -2.59. The zero-order chi connectivity index (χ0) is 55.8. The number of rotatable bonds is 16. The summed E-state index contributed by atoms with van der Waals surface area (Å²) in [6.07, 6.45) is -24.7. The monoisotopic (exact) mass is 1090 g/mol. The maximum absolute atomic E-state index is 12.5. The highest BCUT2D eigenvalue weighted by atomic mass is 16.8. The quantitative estimate of drug-likeness (QED) is 0.0557. The minimum absolute atomic E-state index is 0.0720. The lowest BCUT2D eigenvalue weighted by molar-refractivity contribution is -0.383. The van der Waals surface area contributed by atoms with Crippen LogP contribution in [0.15, 0.2) is 11.6 Å². The van der Waals surface area contributed by atoms with Crippen molar-refractivity contribution in [2.75, 3.05) is 33.0 Å². The van der Waals surface area contributed by atoms with E-state index in [4.69, 9.17) is 37.9 Å². The first kappa shape index (κ1) is 60.9. The molecule has 15 N–H and O–H groups in total. The summed E-state index contributed by atoms with van der Waals surface area (Å²) in [6, 6.07) is 0. The molecular formula is C53H90O23. The fourth-order valence-corrected chi connectivity index (χ4v) is 16.1. The van der Waals surface area contributed by atoms with Gasteiger partial charge < -0.3 is 114 Å². The molecule has 23 heteroatoms. The van der Waals surface area contributed by atoms with Crippen molar-refractivity contribution in [3.05, 3.63) is 11.6 Å². The molecule has 8 rings (SSSR count). The third-order valence-corrected chi connectivity index (χ3v) is 20.5. The summed E-state index contributed by atoms with van der Waals surface area (Å²) in [4.78, 5) is 0. The van der Waals surface area contributed by atoms with E-state index in [1.807, 2.05) is 34.6 Å². The molecule has 4 saturated heterocycles. The van der Waals surface area contributed by atoms with Crippen molar-refractivity contribution in [3.8, 4) is 0 Å². The van der Waals surface area contributed by atoms with Crippen molar-refractivity contribution in [2.45, 2.75) is 241 Å². The summed E-state index contributed by atoms with van der Waals surface area (Å²) in [5.41, 5.74) is -2.26. The van der Waals surface area contributed by atoms with Crippen molar-refractivity contribution in [3.63, 3.8) is 0 Å². The average Bonchev–Trinajstić information content (AvgIpc) is 3.93. The van der Waals surface area contributed by atoms with Gasteiger partial charge in [0.25, 0.3) is 0 Å². The van der Waals surface area contributed by atoms with Crippen LogP contribution in [0.3, 0.4) is 0 Å². The first-order valence-corrected chi connectivity index (χ1v) is 27.5. The molecule has 440 valence electrons. The van der Waals surface area contributed by atoms with Crippen LogP contribution in [0.25, 0.3) is 0 Å². The third kappa shape index (κ3) is 10.5. The largest absolute Gasteiger partial charge is 0.396 e. The molecule has 4 aliphatic heterocycles. The van der Waals surface area contributed by atoms with E-state index in [2.05, 4.69) is 19.9 Å². The number of ether oxygens (including phenoxy) is 8. The Bertz CT molecular complexity index is 1960. The lowest BCUT2D eigenvalue weighted by Gasteiger charge is -2.71. The van der Waals surface area contributed by atoms with E-state index in [0.717, 1.165) is 31.3 Å². The third-order valence-electron chi connectivity index (χ3n) is 20.5. The van der Waals surface area contributed by atoms with E-state index in [-0.39, 0.29) is 54.1 Å². The zero-order valence-corrected chi connectivity index (χ0v) is 44.9. The van der Waals surface area contributed by atoms with Crippen molar-refractivity contribution in [1.82, 2.24) is 0 Å². The van der Waals surface area contributed by atoms with Gasteiger partial charge in [0, 0.05) is 12.0 Å². The first-order valence-electron chi connectivity index (χ1n) is 27.5. The van der Waals surface area contributed by atoms with Gasteiger partial charge in [-0.1, -0.05) is 39.3 Å². The molecule has 8 aliphatic rings. The van der Waals surface area contributed by atoms with Crippen LogP contribution in [0.2, 0.25) is 0 Å². The van der Waals surface area contributed by atoms with Crippen LogP contribution in [-0.4, -0.2) is 244 Å². The van der Waals surface area contributed by atoms with E-state index in [1.165, 1.54) is 0 Å². The smallest absolute Gasteiger partial charge is 0.187 e. The van der Waals surface area contributed by atoms with Gasteiger partial charge in [0.2, 0.25) is 0 Å². The van der Waals surface area contributed by atoms with E-state index >= 15 is 0 Å². The Balaban J connectivity index is 1.02. The molecule has 4 aliphatic carbocycles. The number of hydrogen-bond acceptors (Lipinski definition) is 23. The maximum atomic E-state index is 12.5. The van der Waals surface area contributed by atoms with Crippen molar-refractivity contribution in [2.24, 2.45) is 45.3 Å². The molecule has 0 aromatic rings. The summed E-state index contributed by atoms with van der Waals surface area (Å²) in [6.45, 7) is 12.1. The van der Waals surface area contributed by atoms with Gasteiger partial charge in [0.1, 0.15) is 91.6 Å². The molecule has 0 bridgehead atoms. The number of aliphatic hydroxyl groups is 15.